The minimum Gasteiger partial charge on any atom is -0.297 e. The maximum Gasteiger partial charge on any atom is 0.183 e. The van der Waals surface area contributed by atoms with Crippen molar-refractivity contribution in [2.75, 3.05) is 13.1 Å². The molecule has 2 aliphatic heterocycles. The third kappa shape index (κ3) is 2.84. The lowest BCUT2D eigenvalue weighted by atomic mass is 9.95. The molecule has 4 nitrogen and oxygen atoms in total. The number of hydrogen-bond acceptors (Lipinski definition) is 4. The second-order valence-corrected chi connectivity index (χ2v) is 9.64. The lowest BCUT2D eigenvalue weighted by molar-refractivity contribution is 0.325. The van der Waals surface area contributed by atoms with Gasteiger partial charge in [0.2, 0.25) is 0 Å². The van der Waals surface area contributed by atoms with Crippen molar-refractivity contribution in [3.63, 3.8) is 0 Å². The Morgan fingerprint density at radius 2 is 1.86 bits per heavy atom. The van der Waals surface area contributed by atoms with Crippen molar-refractivity contribution in [2.45, 2.75) is 22.6 Å². The topological polar surface area (TPSA) is 50.3 Å². The number of nitrogens with zero attached hydrogens (tertiary/aromatic N) is 2. The van der Waals surface area contributed by atoms with Crippen LogP contribution in [0.2, 0.25) is 0 Å². The van der Waals surface area contributed by atoms with Gasteiger partial charge in [-0.2, -0.15) is 0 Å². The molecule has 0 spiro atoms. The van der Waals surface area contributed by atoms with Crippen LogP contribution in [0, 0.1) is 5.82 Å². The number of hydrogen-bond donors (Lipinski definition) is 0. The van der Waals surface area contributed by atoms with E-state index in [4.69, 9.17) is 0 Å². The number of aromatic nitrogens is 1. The Morgan fingerprint density at radius 3 is 2.61 bits per heavy atom. The van der Waals surface area contributed by atoms with Gasteiger partial charge in [0.25, 0.3) is 0 Å². The van der Waals surface area contributed by atoms with Crippen molar-refractivity contribution < 1.29 is 12.8 Å². The SMILES string of the molecule is O=S1(=O)c2ccc(-c3cccnc3)cc2[C@@H]2CN(Cc3ccc(F)cc3)C[C@@H]21. The number of sulfone groups is 1. The Balaban J connectivity index is 1.46. The van der Waals surface area contributed by atoms with E-state index in [1.54, 1.807) is 30.6 Å². The molecule has 1 fully saturated rings. The monoisotopic (exact) mass is 394 g/mol. The smallest absolute Gasteiger partial charge is 0.183 e. The highest BCUT2D eigenvalue weighted by atomic mass is 32.2. The van der Waals surface area contributed by atoms with Crippen LogP contribution in [0.25, 0.3) is 11.1 Å². The van der Waals surface area contributed by atoms with Crippen LogP contribution in [-0.4, -0.2) is 36.6 Å². The maximum absolute atomic E-state index is 13.1. The van der Waals surface area contributed by atoms with Crippen LogP contribution >= 0.6 is 0 Å². The summed E-state index contributed by atoms with van der Waals surface area (Å²) in [5.41, 5.74) is 3.86. The van der Waals surface area contributed by atoms with Crippen LogP contribution < -0.4 is 0 Å². The van der Waals surface area contributed by atoms with Crippen molar-refractivity contribution in [1.82, 2.24) is 9.88 Å². The van der Waals surface area contributed by atoms with Gasteiger partial charge in [-0.3, -0.25) is 9.88 Å². The highest BCUT2D eigenvalue weighted by molar-refractivity contribution is 7.92. The summed E-state index contributed by atoms with van der Waals surface area (Å²) in [6.45, 7) is 1.81. The van der Waals surface area contributed by atoms with Crippen molar-refractivity contribution >= 4 is 9.84 Å². The first-order chi connectivity index (χ1) is 13.5. The van der Waals surface area contributed by atoms with Gasteiger partial charge in [0.05, 0.1) is 10.1 Å². The summed E-state index contributed by atoms with van der Waals surface area (Å²) in [5.74, 6) is -0.293. The Bertz CT molecular complexity index is 1130. The first kappa shape index (κ1) is 17.5. The minimum absolute atomic E-state index is 0.0305. The molecule has 1 aromatic heterocycles. The summed E-state index contributed by atoms with van der Waals surface area (Å²) in [4.78, 5) is 6.78. The van der Waals surface area contributed by atoms with E-state index in [1.807, 2.05) is 24.3 Å². The quantitative estimate of drug-likeness (QED) is 0.681. The molecule has 0 bridgehead atoms. The van der Waals surface area contributed by atoms with E-state index in [0.717, 1.165) is 22.3 Å². The van der Waals surface area contributed by atoms with E-state index in [2.05, 4.69) is 9.88 Å². The molecule has 0 saturated carbocycles. The fraction of sp³-hybridized carbons (Fsp3) is 0.227. The zero-order valence-electron chi connectivity index (χ0n) is 15.1. The van der Waals surface area contributed by atoms with Crippen LogP contribution in [0.5, 0.6) is 0 Å². The lowest BCUT2D eigenvalue weighted by Crippen LogP contribution is -2.25. The van der Waals surface area contributed by atoms with E-state index >= 15 is 0 Å². The van der Waals surface area contributed by atoms with Gasteiger partial charge >= 0.3 is 0 Å². The fourth-order valence-electron chi connectivity index (χ4n) is 4.42. The molecule has 0 amide bonds. The molecule has 142 valence electrons. The minimum atomic E-state index is -3.33. The number of likely N-dealkylation sites (tertiary alicyclic amines) is 1. The van der Waals surface area contributed by atoms with Crippen LogP contribution in [0.4, 0.5) is 4.39 Å². The third-order valence-electron chi connectivity index (χ3n) is 5.77. The van der Waals surface area contributed by atoms with Crippen molar-refractivity contribution in [2.24, 2.45) is 0 Å². The molecule has 3 heterocycles. The molecule has 3 aromatic rings. The number of fused-ring (bicyclic) bond motifs is 3. The molecule has 0 aliphatic carbocycles. The largest absolute Gasteiger partial charge is 0.297 e. The molecular weight excluding hydrogens is 375 g/mol. The number of benzene rings is 2. The van der Waals surface area contributed by atoms with Crippen molar-refractivity contribution in [3.05, 3.63) is 83.9 Å². The summed E-state index contributed by atoms with van der Waals surface area (Å²) < 4.78 is 39.3. The van der Waals surface area contributed by atoms with Gasteiger partial charge in [-0.1, -0.05) is 24.3 Å². The lowest BCUT2D eigenvalue weighted by Gasteiger charge is -2.17. The van der Waals surface area contributed by atoms with Gasteiger partial charge < -0.3 is 0 Å². The zero-order valence-corrected chi connectivity index (χ0v) is 15.9. The summed E-state index contributed by atoms with van der Waals surface area (Å²) in [7, 11) is -3.33. The van der Waals surface area contributed by atoms with Crippen LogP contribution in [0.3, 0.4) is 0 Å². The fourth-order valence-corrected chi connectivity index (χ4v) is 6.61. The summed E-state index contributed by atoms with van der Waals surface area (Å²) in [5, 5.41) is -0.410. The van der Waals surface area contributed by atoms with Gasteiger partial charge in [0, 0.05) is 37.9 Å². The Morgan fingerprint density at radius 1 is 1.04 bits per heavy atom. The van der Waals surface area contributed by atoms with E-state index in [-0.39, 0.29) is 11.7 Å². The molecule has 0 unspecified atom stereocenters. The van der Waals surface area contributed by atoms with E-state index in [1.165, 1.54) is 12.1 Å². The summed E-state index contributed by atoms with van der Waals surface area (Å²) in [6, 6.07) is 15.9. The average Bonchev–Trinajstić information content (AvgIpc) is 3.22. The van der Waals surface area contributed by atoms with Crippen molar-refractivity contribution in [1.29, 1.82) is 0 Å². The number of halogens is 1. The first-order valence-electron chi connectivity index (χ1n) is 9.27. The molecule has 6 heteroatoms. The van der Waals surface area contributed by atoms with E-state index in [0.29, 0.717) is 24.5 Å². The van der Waals surface area contributed by atoms with Gasteiger partial charge in [-0.05, 0) is 52.6 Å². The van der Waals surface area contributed by atoms with Gasteiger partial charge in [-0.15, -0.1) is 0 Å². The normalized spacial score (nSPS) is 22.8. The Kier molecular flexibility index (Phi) is 4.07. The Labute approximate surface area is 163 Å². The standard InChI is InChI=1S/C22H19FN2O2S/c23-18-6-3-15(4-7-18)12-25-13-20-19-10-16(17-2-1-9-24-11-17)5-8-21(19)28(26,27)22(20)14-25/h1-11,20,22H,12-14H2/t20-,22-/m0/s1. The average molecular weight is 394 g/mol. The summed E-state index contributed by atoms with van der Waals surface area (Å²) in [6.07, 6.45) is 3.51. The second kappa shape index (κ2) is 6.50. The van der Waals surface area contributed by atoms with Crippen LogP contribution in [-0.2, 0) is 16.4 Å². The molecule has 0 N–H and O–H groups in total. The van der Waals surface area contributed by atoms with Crippen LogP contribution in [0.1, 0.15) is 17.0 Å². The van der Waals surface area contributed by atoms with E-state index in [9.17, 15) is 12.8 Å². The number of rotatable bonds is 3. The zero-order chi connectivity index (χ0) is 19.3. The summed E-state index contributed by atoms with van der Waals surface area (Å²) >= 11 is 0. The third-order valence-corrected chi connectivity index (χ3v) is 8.03. The van der Waals surface area contributed by atoms with Crippen molar-refractivity contribution in [3.8, 4) is 11.1 Å². The highest BCUT2D eigenvalue weighted by Gasteiger charge is 2.50. The molecule has 0 radical (unpaired) electrons. The predicted molar refractivity (Wildman–Crippen MR) is 105 cm³/mol. The number of pyridine rings is 1. The molecular formula is C22H19FN2O2S. The van der Waals surface area contributed by atoms with Gasteiger partial charge in [0.15, 0.2) is 9.84 Å². The molecule has 28 heavy (non-hydrogen) atoms. The molecule has 2 aliphatic rings. The molecule has 2 atom stereocenters. The highest BCUT2D eigenvalue weighted by Crippen LogP contribution is 2.46. The van der Waals surface area contributed by atoms with Gasteiger partial charge in [-0.25, -0.2) is 12.8 Å². The second-order valence-electron chi connectivity index (χ2n) is 7.50. The molecule has 2 aromatic carbocycles. The van der Waals surface area contributed by atoms with E-state index < -0.39 is 15.1 Å². The van der Waals surface area contributed by atoms with Gasteiger partial charge in [0.1, 0.15) is 5.82 Å². The first-order valence-corrected chi connectivity index (χ1v) is 10.8. The molecule has 1 saturated heterocycles. The maximum atomic E-state index is 13.1. The van der Waals surface area contributed by atoms with Crippen LogP contribution in [0.15, 0.2) is 71.9 Å². The Hall–Kier alpha value is -2.57. The molecule has 5 rings (SSSR count). The predicted octanol–water partition coefficient (Wildman–Crippen LogP) is 3.64.